The molecule has 0 radical (unpaired) electrons. The van der Waals surface area contributed by atoms with Gasteiger partial charge in [0.1, 0.15) is 5.82 Å². The second kappa shape index (κ2) is 8.14. The van der Waals surface area contributed by atoms with E-state index < -0.39 is 27.3 Å². The molecule has 3 aromatic rings. The lowest BCUT2D eigenvalue weighted by Gasteiger charge is -2.04. The highest BCUT2D eigenvalue weighted by molar-refractivity contribution is 7.91. The molecule has 148 valence electrons. The first-order valence-corrected chi connectivity index (χ1v) is 11.4. The Morgan fingerprint density at radius 1 is 1.21 bits per heavy atom. The number of rotatable bonds is 5. The van der Waals surface area contributed by atoms with Crippen molar-refractivity contribution in [3.05, 3.63) is 57.6 Å². The lowest BCUT2D eigenvalue weighted by molar-refractivity contribution is -0.117. The van der Waals surface area contributed by atoms with Gasteiger partial charge in [-0.1, -0.05) is 29.0 Å². The first-order valence-electron chi connectivity index (χ1n) is 8.57. The molecule has 1 amide bonds. The van der Waals surface area contributed by atoms with Crippen LogP contribution in [0.1, 0.15) is 18.9 Å². The smallest absolute Gasteiger partial charge is 0.249 e. The molecule has 0 aliphatic rings. The first-order chi connectivity index (χ1) is 13.2. The Hall–Kier alpha value is -2.03. The maximum atomic E-state index is 13.0. The number of carbonyl (C=O) groups is 1. The Kier molecular flexibility index (Phi) is 6.02. The van der Waals surface area contributed by atoms with Gasteiger partial charge in [-0.05, 0) is 49.7 Å². The van der Waals surface area contributed by atoms with Crippen LogP contribution in [0.5, 0.6) is 0 Å². The van der Waals surface area contributed by atoms with Crippen LogP contribution in [0.3, 0.4) is 0 Å². The molecular weight excluding hydrogens is 423 g/mol. The molecule has 28 heavy (non-hydrogen) atoms. The van der Waals surface area contributed by atoms with Crippen molar-refractivity contribution in [1.82, 2.24) is 4.57 Å². The summed E-state index contributed by atoms with van der Waals surface area (Å²) in [5.41, 5.74) is 1.94. The Bertz CT molecular complexity index is 1210. The van der Waals surface area contributed by atoms with Crippen LogP contribution in [0.2, 0.25) is 5.02 Å². The van der Waals surface area contributed by atoms with Crippen molar-refractivity contribution in [1.29, 1.82) is 0 Å². The zero-order valence-corrected chi connectivity index (χ0v) is 17.7. The van der Waals surface area contributed by atoms with E-state index in [0.29, 0.717) is 16.4 Å². The second-order valence-corrected chi connectivity index (χ2v) is 9.69. The van der Waals surface area contributed by atoms with Gasteiger partial charge in [0.05, 0.1) is 25.9 Å². The maximum absolute atomic E-state index is 13.0. The summed E-state index contributed by atoms with van der Waals surface area (Å²) in [5, 5.41) is 0.584. The van der Waals surface area contributed by atoms with Gasteiger partial charge in [0.25, 0.3) is 0 Å². The molecule has 0 aliphatic carbocycles. The molecule has 9 heteroatoms. The lowest BCUT2D eigenvalue weighted by atomic mass is 10.2. The number of aryl methyl sites for hydroxylation is 2. The summed E-state index contributed by atoms with van der Waals surface area (Å²) < 4.78 is 40.3. The van der Waals surface area contributed by atoms with E-state index in [4.69, 9.17) is 11.6 Å². The Morgan fingerprint density at radius 2 is 1.89 bits per heavy atom. The van der Waals surface area contributed by atoms with E-state index >= 15 is 0 Å². The van der Waals surface area contributed by atoms with Crippen molar-refractivity contribution >= 4 is 48.9 Å². The fourth-order valence-electron chi connectivity index (χ4n) is 2.84. The molecule has 0 saturated carbocycles. The largest absolute Gasteiger partial charge is 0.316 e. The highest BCUT2D eigenvalue weighted by Gasteiger charge is 2.17. The van der Waals surface area contributed by atoms with Crippen molar-refractivity contribution < 1.29 is 17.6 Å². The number of hydrogen-bond donors (Lipinski definition) is 0. The van der Waals surface area contributed by atoms with E-state index in [0.717, 1.165) is 27.9 Å². The van der Waals surface area contributed by atoms with Gasteiger partial charge in [0, 0.05) is 13.0 Å². The van der Waals surface area contributed by atoms with Gasteiger partial charge in [-0.2, -0.15) is 4.99 Å². The average Bonchev–Trinajstić information content (AvgIpc) is 3.03. The van der Waals surface area contributed by atoms with Crippen molar-refractivity contribution in [2.45, 2.75) is 31.7 Å². The molecule has 0 aliphatic heterocycles. The third-order valence-electron chi connectivity index (χ3n) is 4.27. The number of hydrogen-bond acceptors (Lipinski definition) is 4. The van der Waals surface area contributed by atoms with E-state index in [1.165, 1.54) is 23.5 Å². The minimum Gasteiger partial charge on any atom is -0.316 e. The Labute approximate surface area is 171 Å². The van der Waals surface area contributed by atoms with Gasteiger partial charge >= 0.3 is 0 Å². The number of fused-ring (bicyclic) bond motifs is 1. The summed E-state index contributed by atoms with van der Waals surface area (Å²) in [7, 11) is -3.69. The minimum atomic E-state index is -3.69. The molecule has 5 nitrogen and oxygen atoms in total. The van der Waals surface area contributed by atoms with E-state index in [1.54, 1.807) is 6.07 Å². The zero-order valence-electron chi connectivity index (χ0n) is 15.3. The molecule has 0 bridgehead atoms. The fraction of sp³-hybridized carbons (Fsp3) is 0.263. The lowest BCUT2D eigenvalue weighted by Crippen LogP contribution is -2.17. The molecule has 3 rings (SSSR count). The standard InChI is InChI=1S/C19H18ClFN2O3S2/c1-3-23-17-12(2)4-9-15(20)18(17)27-19(23)22-16(24)10-11-28(25,26)14-7-5-13(21)6-8-14/h4-9H,3,10-11H2,1-2H3. The number of aromatic nitrogens is 1. The third-order valence-corrected chi connectivity index (χ3v) is 7.54. The van der Waals surface area contributed by atoms with E-state index in [9.17, 15) is 17.6 Å². The van der Waals surface area contributed by atoms with Gasteiger partial charge in [-0.25, -0.2) is 12.8 Å². The van der Waals surface area contributed by atoms with Gasteiger partial charge in [0.15, 0.2) is 14.6 Å². The summed E-state index contributed by atoms with van der Waals surface area (Å²) >= 11 is 7.57. The van der Waals surface area contributed by atoms with Crippen molar-refractivity contribution in [3.63, 3.8) is 0 Å². The number of halogens is 2. The first kappa shape index (κ1) is 20.7. The maximum Gasteiger partial charge on any atom is 0.249 e. The number of sulfone groups is 1. The van der Waals surface area contributed by atoms with Crippen LogP contribution in [-0.4, -0.2) is 24.6 Å². The van der Waals surface area contributed by atoms with Crippen LogP contribution in [0, 0.1) is 12.7 Å². The van der Waals surface area contributed by atoms with Crippen LogP contribution in [-0.2, 0) is 21.2 Å². The number of nitrogens with zero attached hydrogens (tertiary/aromatic N) is 2. The highest BCUT2D eigenvalue weighted by Crippen LogP contribution is 2.28. The summed E-state index contributed by atoms with van der Waals surface area (Å²) in [6, 6.07) is 8.24. The van der Waals surface area contributed by atoms with E-state index in [1.807, 2.05) is 24.5 Å². The van der Waals surface area contributed by atoms with Crippen LogP contribution in [0.4, 0.5) is 4.39 Å². The molecule has 0 atom stereocenters. The SMILES string of the molecule is CCn1c(=NC(=O)CCS(=O)(=O)c2ccc(F)cc2)sc2c(Cl)ccc(C)c21. The summed E-state index contributed by atoms with van der Waals surface area (Å²) in [6.07, 6.45) is -0.260. The zero-order chi connectivity index (χ0) is 20.5. The topological polar surface area (TPSA) is 68.5 Å². The molecule has 0 unspecified atom stereocenters. The number of benzene rings is 2. The molecule has 0 fully saturated rings. The van der Waals surface area contributed by atoms with Gasteiger partial charge < -0.3 is 4.57 Å². The molecule has 2 aromatic carbocycles. The summed E-state index contributed by atoms with van der Waals surface area (Å²) in [5.74, 6) is -1.45. The predicted molar refractivity (Wildman–Crippen MR) is 109 cm³/mol. The predicted octanol–water partition coefficient (Wildman–Crippen LogP) is 4.11. The second-order valence-electron chi connectivity index (χ2n) is 6.20. The summed E-state index contributed by atoms with van der Waals surface area (Å²) in [4.78, 5) is 16.9. The van der Waals surface area contributed by atoms with Crippen LogP contribution >= 0.6 is 22.9 Å². The average molecular weight is 441 g/mol. The number of carbonyl (C=O) groups excluding carboxylic acids is 1. The van der Waals surface area contributed by atoms with Crippen LogP contribution in [0.25, 0.3) is 10.2 Å². The highest BCUT2D eigenvalue weighted by atomic mass is 35.5. The minimum absolute atomic E-state index is 0.0189. The van der Waals surface area contributed by atoms with Crippen LogP contribution in [0.15, 0.2) is 46.3 Å². The molecule has 0 saturated heterocycles. The molecule has 1 aromatic heterocycles. The molecule has 1 heterocycles. The fourth-order valence-corrected chi connectivity index (χ4v) is 5.53. The van der Waals surface area contributed by atoms with Gasteiger partial charge in [0.2, 0.25) is 5.91 Å². The van der Waals surface area contributed by atoms with E-state index in [-0.39, 0.29) is 11.3 Å². The van der Waals surface area contributed by atoms with Gasteiger partial charge in [-0.15, -0.1) is 0 Å². The Balaban J connectivity index is 1.88. The van der Waals surface area contributed by atoms with Gasteiger partial charge in [-0.3, -0.25) is 4.79 Å². The number of amides is 1. The third kappa shape index (κ3) is 4.19. The van der Waals surface area contributed by atoms with Crippen molar-refractivity contribution in [2.75, 3.05) is 5.75 Å². The van der Waals surface area contributed by atoms with E-state index in [2.05, 4.69) is 4.99 Å². The van der Waals surface area contributed by atoms with Crippen molar-refractivity contribution in [3.8, 4) is 0 Å². The summed E-state index contributed by atoms with van der Waals surface area (Å²) in [6.45, 7) is 4.49. The molecule has 0 spiro atoms. The van der Waals surface area contributed by atoms with Crippen molar-refractivity contribution in [2.24, 2.45) is 4.99 Å². The molecule has 0 N–H and O–H groups in total. The monoisotopic (exact) mass is 440 g/mol. The van der Waals surface area contributed by atoms with Crippen LogP contribution < -0.4 is 4.80 Å². The quantitative estimate of drug-likeness (QED) is 0.560. The Morgan fingerprint density at radius 3 is 2.54 bits per heavy atom. The molecular formula is C19H18ClFN2O3S2. The normalized spacial score (nSPS) is 12.6. The number of thiazole rings is 1.